The molecule has 0 bridgehead atoms. The molecule has 0 aliphatic carbocycles. The molecule has 0 spiro atoms. The summed E-state index contributed by atoms with van der Waals surface area (Å²) >= 11 is 1.92. The molecule has 0 aromatic carbocycles. The van der Waals surface area contributed by atoms with E-state index in [0.29, 0.717) is 6.04 Å². The van der Waals surface area contributed by atoms with Crippen molar-refractivity contribution in [1.82, 2.24) is 14.9 Å². The van der Waals surface area contributed by atoms with Crippen LogP contribution in [0.2, 0.25) is 0 Å². The van der Waals surface area contributed by atoms with Gasteiger partial charge in [-0.15, -0.1) is 0 Å². The van der Waals surface area contributed by atoms with E-state index in [1.54, 1.807) is 0 Å². The maximum Gasteiger partial charge on any atom is 0.0948 e. The average Bonchev–Trinajstić information content (AvgIpc) is 2.79. The molecule has 1 saturated heterocycles. The summed E-state index contributed by atoms with van der Waals surface area (Å²) in [4.78, 5) is 4.29. The van der Waals surface area contributed by atoms with Crippen LogP contribution in [0.25, 0.3) is 0 Å². The molecule has 1 atom stereocenters. The minimum Gasteiger partial charge on any atom is -0.333 e. The topological polar surface area (TPSA) is 29.9 Å². The third-order valence-electron chi connectivity index (χ3n) is 3.16. The minimum absolute atomic E-state index is 0.533. The van der Waals surface area contributed by atoms with Gasteiger partial charge in [-0.25, -0.2) is 4.98 Å². The van der Waals surface area contributed by atoms with Crippen LogP contribution in [0.4, 0.5) is 0 Å². The van der Waals surface area contributed by atoms with E-state index < -0.39 is 0 Å². The van der Waals surface area contributed by atoms with E-state index in [-0.39, 0.29) is 0 Å². The highest BCUT2D eigenvalue weighted by atomic mass is 32.2. The van der Waals surface area contributed by atoms with Gasteiger partial charge in [-0.05, 0) is 37.8 Å². The zero-order valence-electron chi connectivity index (χ0n) is 9.98. The number of hydrogen-bond donors (Lipinski definition) is 1. The molecule has 2 rings (SSSR count). The van der Waals surface area contributed by atoms with Crippen LogP contribution < -0.4 is 5.32 Å². The van der Waals surface area contributed by atoms with Gasteiger partial charge in [0.1, 0.15) is 0 Å². The number of hydrogen-bond acceptors (Lipinski definition) is 3. The maximum absolute atomic E-state index is 4.29. The number of nitrogens with one attached hydrogen (secondary N) is 1. The van der Waals surface area contributed by atoms with Crippen molar-refractivity contribution in [2.75, 3.05) is 18.6 Å². The van der Waals surface area contributed by atoms with Crippen molar-refractivity contribution in [2.45, 2.75) is 38.3 Å². The number of nitrogens with zero attached hydrogens (tertiary/aromatic N) is 2. The Labute approximate surface area is 102 Å². The van der Waals surface area contributed by atoms with Crippen LogP contribution in [0.3, 0.4) is 0 Å². The van der Waals surface area contributed by atoms with Crippen LogP contribution in [-0.2, 0) is 6.54 Å². The monoisotopic (exact) mass is 239 g/mol. The molecule has 1 aliphatic heterocycles. The molecule has 0 saturated carbocycles. The van der Waals surface area contributed by atoms with Crippen molar-refractivity contribution in [3.05, 3.63) is 18.2 Å². The number of thioether (sulfide) groups is 1. The molecule has 1 aromatic rings. The number of aromatic nitrogens is 2. The first-order valence-corrected chi connectivity index (χ1v) is 7.53. The summed E-state index contributed by atoms with van der Waals surface area (Å²) in [6.07, 6.45) is 11.3. The number of aryl methyl sites for hydroxylation is 1. The Balaban J connectivity index is 1.94. The molecule has 1 fully saturated rings. The number of imidazole rings is 1. The summed E-state index contributed by atoms with van der Waals surface area (Å²) in [6.45, 7) is 2.26. The molecule has 1 aliphatic rings. The highest BCUT2D eigenvalue weighted by molar-refractivity contribution is 7.98. The van der Waals surface area contributed by atoms with E-state index in [1.807, 2.05) is 24.3 Å². The van der Waals surface area contributed by atoms with Gasteiger partial charge in [0.15, 0.2) is 0 Å². The van der Waals surface area contributed by atoms with Crippen molar-refractivity contribution in [2.24, 2.45) is 0 Å². The fourth-order valence-corrected chi connectivity index (χ4v) is 2.71. The van der Waals surface area contributed by atoms with Crippen molar-refractivity contribution >= 4 is 11.8 Å². The smallest absolute Gasteiger partial charge is 0.0948 e. The largest absolute Gasteiger partial charge is 0.333 e. The predicted octanol–water partition coefficient (Wildman–Crippen LogP) is 2.45. The highest BCUT2D eigenvalue weighted by Gasteiger charge is 2.17. The van der Waals surface area contributed by atoms with Gasteiger partial charge in [0, 0.05) is 18.8 Å². The second-order valence-corrected chi connectivity index (χ2v) is 5.35. The SMILES string of the molecule is CSCCCn1cncc1C1CCCCN1. The first-order valence-electron chi connectivity index (χ1n) is 6.14. The van der Waals surface area contributed by atoms with E-state index in [9.17, 15) is 0 Å². The summed E-state index contributed by atoms with van der Waals surface area (Å²) in [5, 5.41) is 3.59. The lowest BCUT2D eigenvalue weighted by atomic mass is 10.0. The Kier molecular flexibility index (Phi) is 4.72. The van der Waals surface area contributed by atoms with Crippen molar-refractivity contribution in [1.29, 1.82) is 0 Å². The zero-order chi connectivity index (χ0) is 11.2. The molecule has 4 heteroatoms. The summed E-state index contributed by atoms with van der Waals surface area (Å²) in [5.74, 6) is 1.23. The summed E-state index contributed by atoms with van der Waals surface area (Å²) in [7, 11) is 0. The predicted molar refractivity (Wildman–Crippen MR) is 69.8 cm³/mol. The number of piperidine rings is 1. The summed E-state index contributed by atoms with van der Waals surface area (Å²) in [6, 6.07) is 0.533. The molecule has 0 amide bonds. The Morgan fingerprint density at radius 3 is 3.25 bits per heavy atom. The first-order chi connectivity index (χ1) is 7.92. The Morgan fingerprint density at radius 1 is 1.56 bits per heavy atom. The van der Waals surface area contributed by atoms with Gasteiger partial charge < -0.3 is 9.88 Å². The second kappa shape index (κ2) is 6.30. The van der Waals surface area contributed by atoms with E-state index in [4.69, 9.17) is 0 Å². The van der Waals surface area contributed by atoms with Gasteiger partial charge in [-0.2, -0.15) is 11.8 Å². The van der Waals surface area contributed by atoms with Crippen molar-refractivity contribution in [3.63, 3.8) is 0 Å². The molecule has 1 unspecified atom stereocenters. The fraction of sp³-hybridized carbons (Fsp3) is 0.750. The highest BCUT2D eigenvalue weighted by Crippen LogP contribution is 2.22. The van der Waals surface area contributed by atoms with Crippen molar-refractivity contribution in [3.8, 4) is 0 Å². The van der Waals surface area contributed by atoms with Crippen molar-refractivity contribution < 1.29 is 0 Å². The Bertz CT molecular complexity index is 305. The molecule has 2 heterocycles. The summed E-state index contributed by atoms with van der Waals surface area (Å²) in [5.41, 5.74) is 1.38. The normalized spacial score (nSPS) is 21.2. The van der Waals surface area contributed by atoms with E-state index in [1.165, 1.54) is 37.1 Å². The van der Waals surface area contributed by atoms with Gasteiger partial charge in [0.05, 0.1) is 12.0 Å². The van der Waals surface area contributed by atoms with Crippen LogP contribution in [0, 0.1) is 0 Å². The van der Waals surface area contributed by atoms with Crippen LogP contribution in [0.1, 0.15) is 37.4 Å². The van der Waals surface area contributed by atoms with Gasteiger partial charge >= 0.3 is 0 Å². The molecular weight excluding hydrogens is 218 g/mol. The Hall–Kier alpha value is -0.480. The zero-order valence-corrected chi connectivity index (χ0v) is 10.8. The third kappa shape index (κ3) is 3.01. The fourth-order valence-electron chi connectivity index (χ4n) is 2.29. The molecular formula is C12H21N3S. The van der Waals surface area contributed by atoms with E-state index >= 15 is 0 Å². The Morgan fingerprint density at radius 2 is 2.50 bits per heavy atom. The minimum atomic E-state index is 0.533. The third-order valence-corrected chi connectivity index (χ3v) is 3.86. The van der Waals surface area contributed by atoms with Crippen LogP contribution in [0.15, 0.2) is 12.5 Å². The molecule has 16 heavy (non-hydrogen) atoms. The number of rotatable bonds is 5. The average molecular weight is 239 g/mol. The molecule has 90 valence electrons. The maximum atomic E-state index is 4.29. The lowest BCUT2D eigenvalue weighted by Crippen LogP contribution is -2.28. The van der Waals surface area contributed by atoms with Gasteiger partial charge in [0.2, 0.25) is 0 Å². The molecule has 3 nitrogen and oxygen atoms in total. The lowest BCUT2D eigenvalue weighted by molar-refractivity contribution is 0.393. The first kappa shape index (κ1) is 12.0. The van der Waals surface area contributed by atoms with Gasteiger partial charge in [0.25, 0.3) is 0 Å². The van der Waals surface area contributed by atoms with Gasteiger partial charge in [-0.3, -0.25) is 0 Å². The second-order valence-electron chi connectivity index (χ2n) is 4.36. The van der Waals surface area contributed by atoms with Crippen LogP contribution in [-0.4, -0.2) is 28.1 Å². The lowest BCUT2D eigenvalue weighted by Gasteiger charge is -2.24. The van der Waals surface area contributed by atoms with E-state index in [2.05, 4.69) is 21.1 Å². The van der Waals surface area contributed by atoms with Crippen LogP contribution >= 0.6 is 11.8 Å². The molecule has 0 radical (unpaired) electrons. The molecule has 1 aromatic heterocycles. The summed E-state index contributed by atoms with van der Waals surface area (Å²) < 4.78 is 2.32. The van der Waals surface area contributed by atoms with E-state index in [0.717, 1.165) is 13.1 Å². The molecule has 1 N–H and O–H groups in total. The quantitative estimate of drug-likeness (QED) is 0.801. The van der Waals surface area contributed by atoms with Gasteiger partial charge in [-0.1, -0.05) is 6.42 Å². The van der Waals surface area contributed by atoms with Crippen LogP contribution in [0.5, 0.6) is 0 Å². The standard InChI is InChI=1S/C12H21N3S/c1-16-8-4-7-15-10-13-9-12(15)11-5-2-3-6-14-11/h9-11,14H,2-8H2,1H3.